The van der Waals surface area contributed by atoms with E-state index >= 15 is 0 Å². The molecular weight excluding hydrogens is 331 g/mol. The molecule has 0 bridgehead atoms. The lowest BCUT2D eigenvalue weighted by molar-refractivity contribution is 0.625. The summed E-state index contributed by atoms with van der Waals surface area (Å²) in [6.07, 6.45) is 12.9. The minimum Gasteiger partial charge on any atom is -0.207 e. The van der Waals surface area contributed by atoms with Crippen LogP contribution in [0.3, 0.4) is 0 Å². The van der Waals surface area contributed by atoms with Crippen LogP contribution in [0.5, 0.6) is 0 Å². The SMILES string of the molecule is CC.CCCCCCc1ccc(F)cc1.CCCCCCc1ccccc1. The molecule has 0 spiro atoms. The molecule has 0 aliphatic carbocycles. The summed E-state index contributed by atoms with van der Waals surface area (Å²) in [7, 11) is 0. The normalized spacial score (nSPS) is 9.67. The van der Waals surface area contributed by atoms with Gasteiger partial charge in [-0.2, -0.15) is 0 Å². The summed E-state index contributed by atoms with van der Waals surface area (Å²) >= 11 is 0. The Morgan fingerprint density at radius 1 is 0.556 bits per heavy atom. The van der Waals surface area contributed by atoms with Crippen molar-refractivity contribution in [2.24, 2.45) is 0 Å². The molecule has 0 atom stereocenters. The Hall–Kier alpha value is -1.63. The topological polar surface area (TPSA) is 0 Å². The molecule has 0 fully saturated rings. The lowest BCUT2D eigenvalue weighted by atomic mass is 10.1. The number of benzene rings is 2. The van der Waals surface area contributed by atoms with E-state index in [1.807, 2.05) is 26.0 Å². The van der Waals surface area contributed by atoms with Crippen LogP contribution < -0.4 is 0 Å². The molecule has 0 amide bonds. The largest absolute Gasteiger partial charge is 0.207 e. The van der Waals surface area contributed by atoms with Crippen LogP contribution in [-0.2, 0) is 12.8 Å². The van der Waals surface area contributed by atoms with Gasteiger partial charge < -0.3 is 0 Å². The minimum atomic E-state index is -0.141. The maximum atomic E-state index is 12.5. The molecule has 0 nitrogen and oxygen atoms in total. The van der Waals surface area contributed by atoms with Crippen LogP contribution in [0, 0.1) is 5.82 Å². The monoisotopic (exact) mass is 372 g/mol. The fraction of sp³-hybridized carbons (Fsp3) is 0.538. The molecule has 27 heavy (non-hydrogen) atoms. The zero-order valence-corrected chi connectivity index (χ0v) is 18.1. The summed E-state index contributed by atoms with van der Waals surface area (Å²) in [5.41, 5.74) is 2.73. The van der Waals surface area contributed by atoms with Gasteiger partial charge in [-0.3, -0.25) is 0 Å². The van der Waals surface area contributed by atoms with E-state index in [4.69, 9.17) is 0 Å². The lowest BCUT2D eigenvalue weighted by Gasteiger charge is -2.00. The van der Waals surface area contributed by atoms with E-state index in [9.17, 15) is 4.39 Å². The van der Waals surface area contributed by atoms with Gasteiger partial charge in [0.2, 0.25) is 0 Å². The molecule has 0 heterocycles. The molecule has 1 heteroatoms. The fourth-order valence-corrected chi connectivity index (χ4v) is 2.81. The molecule has 0 aliphatic rings. The van der Waals surface area contributed by atoms with Crippen molar-refractivity contribution in [3.05, 3.63) is 71.5 Å². The number of aryl methyl sites for hydroxylation is 2. The average Bonchev–Trinajstić information content (AvgIpc) is 2.73. The van der Waals surface area contributed by atoms with Gasteiger partial charge in [-0.15, -0.1) is 0 Å². The van der Waals surface area contributed by atoms with E-state index in [-0.39, 0.29) is 5.82 Å². The quantitative estimate of drug-likeness (QED) is 0.365. The molecule has 0 N–H and O–H groups in total. The Morgan fingerprint density at radius 2 is 1.00 bits per heavy atom. The molecule has 0 aliphatic heterocycles. The molecule has 0 saturated carbocycles. The molecule has 0 aromatic heterocycles. The lowest BCUT2D eigenvalue weighted by Crippen LogP contribution is -1.85. The predicted molar refractivity (Wildman–Crippen MR) is 120 cm³/mol. The first-order valence-corrected chi connectivity index (χ1v) is 11.0. The van der Waals surface area contributed by atoms with Crippen LogP contribution in [0.1, 0.15) is 90.2 Å². The van der Waals surface area contributed by atoms with Crippen LogP contribution in [0.4, 0.5) is 4.39 Å². The van der Waals surface area contributed by atoms with Gasteiger partial charge in [-0.05, 0) is 48.9 Å². The van der Waals surface area contributed by atoms with Crippen molar-refractivity contribution in [3.63, 3.8) is 0 Å². The summed E-state index contributed by atoms with van der Waals surface area (Å²) < 4.78 is 12.5. The van der Waals surface area contributed by atoms with Gasteiger partial charge in [0.15, 0.2) is 0 Å². The van der Waals surface area contributed by atoms with Crippen LogP contribution in [-0.4, -0.2) is 0 Å². The fourth-order valence-electron chi connectivity index (χ4n) is 2.81. The van der Waals surface area contributed by atoms with Crippen LogP contribution in [0.15, 0.2) is 54.6 Å². The first-order chi connectivity index (χ1) is 13.3. The Bertz CT molecular complexity index is 516. The highest BCUT2D eigenvalue weighted by Crippen LogP contribution is 2.09. The second-order valence-corrected chi connectivity index (χ2v) is 6.73. The van der Waals surface area contributed by atoms with E-state index in [0.29, 0.717) is 0 Å². The van der Waals surface area contributed by atoms with Crippen molar-refractivity contribution in [2.75, 3.05) is 0 Å². The van der Waals surface area contributed by atoms with Crippen molar-refractivity contribution >= 4 is 0 Å². The van der Waals surface area contributed by atoms with Gasteiger partial charge in [-0.1, -0.05) is 109 Å². The Morgan fingerprint density at radius 3 is 1.44 bits per heavy atom. The van der Waals surface area contributed by atoms with Crippen LogP contribution in [0.25, 0.3) is 0 Å². The predicted octanol–water partition coefficient (Wildman–Crippen LogP) is 8.78. The zero-order chi connectivity index (χ0) is 20.2. The standard InChI is InChI=1S/C12H17F.C12H18.C2H6/c1-2-3-4-5-6-11-7-9-12(13)10-8-11;1-2-3-4-6-9-12-10-7-5-8-11-12;1-2/h7-10H,2-6H2,1H3;5,7-8,10-11H,2-4,6,9H2,1H3;1-2H3. The van der Waals surface area contributed by atoms with Gasteiger partial charge in [-0.25, -0.2) is 4.39 Å². The Balaban J connectivity index is 0.000000460. The van der Waals surface area contributed by atoms with Crippen molar-refractivity contribution < 1.29 is 4.39 Å². The maximum Gasteiger partial charge on any atom is 0.123 e. The summed E-state index contributed by atoms with van der Waals surface area (Å²) in [5, 5.41) is 0. The van der Waals surface area contributed by atoms with E-state index in [1.165, 1.54) is 81.0 Å². The van der Waals surface area contributed by atoms with Gasteiger partial charge >= 0.3 is 0 Å². The van der Waals surface area contributed by atoms with Crippen LogP contribution >= 0.6 is 0 Å². The highest BCUT2D eigenvalue weighted by molar-refractivity contribution is 5.16. The van der Waals surface area contributed by atoms with Crippen molar-refractivity contribution in [1.29, 1.82) is 0 Å². The summed E-state index contributed by atoms with van der Waals surface area (Å²) in [6, 6.07) is 17.6. The molecule has 0 unspecified atom stereocenters. The molecule has 0 radical (unpaired) electrons. The smallest absolute Gasteiger partial charge is 0.123 e. The number of hydrogen-bond acceptors (Lipinski definition) is 0. The van der Waals surface area contributed by atoms with E-state index in [2.05, 4.69) is 44.2 Å². The maximum absolute atomic E-state index is 12.5. The highest BCUT2D eigenvalue weighted by Gasteiger charge is 1.94. The molecule has 2 rings (SSSR count). The number of rotatable bonds is 10. The second kappa shape index (κ2) is 19.1. The van der Waals surface area contributed by atoms with Gasteiger partial charge in [0.25, 0.3) is 0 Å². The molecule has 152 valence electrons. The highest BCUT2D eigenvalue weighted by atomic mass is 19.1. The Kier molecular flexibility index (Phi) is 18.0. The third kappa shape index (κ3) is 15.2. The Labute approximate surface area is 168 Å². The molecule has 0 saturated heterocycles. The summed E-state index contributed by atoms with van der Waals surface area (Å²) in [4.78, 5) is 0. The van der Waals surface area contributed by atoms with Gasteiger partial charge in [0.05, 0.1) is 0 Å². The molecule has 2 aromatic carbocycles. The minimum absolute atomic E-state index is 0.141. The zero-order valence-electron chi connectivity index (χ0n) is 18.1. The summed E-state index contributed by atoms with van der Waals surface area (Å²) in [6.45, 7) is 8.46. The van der Waals surface area contributed by atoms with Crippen molar-refractivity contribution in [2.45, 2.75) is 91.9 Å². The molecular formula is C26H41F. The molecule has 2 aromatic rings. The first-order valence-electron chi connectivity index (χ1n) is 11.0. The number of halogens is 1. The first kappa shape index (κ1) is 25.4. The van der Waals surface area contributed by atoms with E-state index < -0.39 is 0 Å². The van der Waals surface area contributed by atoms with Crippen molar-refractivity contribution in [3.8, 4) is 0 Å². The van der Waals surface area contributed by atoms with Gasteiger partial charge in [0, 0.05) is 0 Å². The number of unbranched alkanes of at least 4 members (excludes halogenated alkanes) is 6. The summed E-state index contributed by atoms with van der Waals surface area (Å²) in [5.74, 6) is -0.141. The van der Waals surface area contributed by atoms with E-state index in [1.54, 1.807) is 0 Å². The number of hydrogen-bond donors (Lipinski definition) is 0. The van der Waals surface area contributed by atoms with E-state index in [0.717, 1.165) is 6.42 Å². The third-order valence-electron chi connectivity index (χ3n) is 4.39. The van der Waals surface area contributed by atoms with Crippen molar-refractivity contribution in [1.82, 2.24) is 0 Å². The van der Waals surface area contributed by atoms with Gasteiger partial charge in [0.1, 0.15) is 5.82 Å². The average molecular weight is 373 g/mol. The second-order valence-electron chi connectivity index (χ2n) is 6.73. The third-order valence-corrected chi connectivity index (χ3v) is 4.39. The van der Waals surface area contributed by atoms with Crippen LogP contribution in [0.2, 0.25) is 0 Å².